The van der Waals surface area contributed by atoms with Crippen LogP contribution in [0, 0.1) is 13.8 Å². The van der Waals surface area contributed by atoms with Crippen LogP contribution in [0.4, 0.5) is 11.5 Å². The number of rotatable bonds is 2. The number of nitrogens with one attached hydrogen (secondary N) is 1. The highest BCUT2D eigenvalue weighted by atomic mass is 79.9. The molecular formula is C12H11BrClN3. The minimum absolute atomic E-state index is 0.246. The second-order valence-electron chi connectivity index (χ2n) is 3.77. The van der Waals surface area contributed by atoms with Crippen molar-refractivity contribution < 1.29 is 0 Å². The van der Waals surface area contributed by atoms with Gasteiger partial charge in [0.2, 0.25) is 5.28 Å². The smallest absolute Gasteiger partial charge is 0.224 e. The van der Waals surface area contributed by atoms with Crippen LogP contribution >= 0.6 is 27.5 Å². The van der Waals surface area contributed by atoms with Crippen molar-refractivity contribution in [1.29, 1.82) is 0 Å². The first-order valence-electron chi connectivity index (χ1n) is 5.09. The maximum Gasteiger partial charge on any atom is 0.224 e. The van der Waals surface area contributed by atoms with Crippen LogP contribution in [0.2, 0.25) is 5.28 Å². The van der Waals surface area contributed by atoms with Gasteiger partial charge in [-0.15, -0.1) is 0 Å². The fourth-order valence-corrected chi connectivity index (χ4v) is 2.27. The van der Waals surface area contributed by atoms with Crippen LogP contribution in [0.15, 0.2) is 28.7 Å². The lowest BCUT2D eigenvalue weighted by atomic mass is 10.2. The fraction of sp³-hybridized carbons (Fsp3) is 0.167. The van der Waals surface area contributed by atoms with E-state index in [4.69, 9.17) is 11.6 Å². The predicted octanol–water partition coefficient (Wildman–Crippen LogP) is 4.25. The summed E-state index contributed by atoms with van der Waals surface area (Å²) < 4.78 is 0.991. The number of halogens is 2. The molecule has 0 amide bonds. The first-order chi connectivity index (χ1) is 8.04. The summed E-state index contributed by atoms with van der Waals surface area (Å²) in [4.78, 5) is 8.13. The molecule has 0 radical (unpaired) electrons. The van der Waals surface area contributed by atoms with Gasteiger partial charge in [-0.1, -0.05) is 6.07 Å². The molecule has 0 unspecified atom stereocenters. The molecule has 0 bridgehead atoms. The van der Waals surface area contributed by atoms with Crippen molar-refractivity contribution in [2.45, 2.75) is 13.8 Å². The Morgan fingerprint density at radius 1 is 1.18 bits per heavy atom. The quantitative estimate of drug-likeness (QED) is 0.842. The summed E-state index contributed by atoms with van der Waals surface area (Å²) in [5.74, 6) is 0.687. The molecule has 0 saturated heterocycles. The summed E-state index contributed by atoms with van der Waals surface area (Å²) >= 11 is 9.31. The topological polar surface area (TPSA) is 37.8 Å². The standard InChI is InChI=1S/C12H11BrClN3/c1-7-3-4-10(9(13)5-7)16-11-6-8(2)15-12(14)17-11/h3-6H,1-2H3,(H,15,16,17). The molecule has 88 valence electrons. The maximum absolute atomic E-state index is 5.81. The summed E-state index contributed by atoms with van der Waals surface area (Å²) in [5, 5.41) is 3.44. The van der Waals surface area contributed by atoms with Gasteiger partial charge in [0.15, 0.2) is 0 Å². The Labute approximate surface area is 113 Å². The second-order valence-corrected chi connectivity index (χ2v) is 4.96. The average molecular weight is 313 g/mol. The zero-order valence-corrected chi connectivity index (χ0v) is 11.8. The third-order valence-electron chi connectivity index (χ3n) is 2.21. The first-order valence-corrected chi connectivity index (χ1v) is 6.26. The zero-order valence-electron chi connectivity index (χ0n) is 9.46. The highest BCUT2D eigenvalue weighted by molar-refractivity contribution is 9.10. The van der Waals surface area contributed by atoms with Crippen molar-refractivity contribution in [3.63, 3.8) is 0 Å². The summed E-state index contributed by atoms with van der Waals surface area (Å²) in [6, 6.07) is 7.91. The number of aromatic nitrogens is 2. The van der Waals surface area contributed by atoms with Gasteiger partial charge in [0, 0.05) is 16.2 Å². The SMILES string of the molecule is Cc1ccc(Nc2cc(C)nc(Cl)n2)c(Br)c1. The van der Waals surface area contributed by atoms with E-state index >= 15 is 0 Å². The largest absolute Gasteiger partial charge is 0.339 e. The molecule has 0 atom stereocenters. The fourth-order valence-electron chi connectivity index (χ4n) is 1.46. The van der Waals surface area contributed by atoms with Crippen LogP contribution in [0.25, 0.3) is 0 Å². The lowest BCUT2D eigenvalue weighted by Gasteiger charge is -2.09. The van der Waals surface area contributed by atoms with Gasteiger partial charge in [-0.25, -0.2) is 9.97 Å². The summed E-state index contributed by atoms with van der Waals surface area (Å²) in [6.45, 7) is 3.92. The van der Waals surface area contributed by atoms with Crippen molar-refractivity contribution >= 4 is 39.0 Å². The van der Waals surface area contributed by atoms with Crippen LogP contribution in [-0.2, 0) is 0 Å². The van der Waals surface area contributed by atoms with Crippen molar-refractivity contribution in [2.75, 3.05) is 5.32 Å². The van der Waals surface area contributed by atoms with E-state index in [1.54, 1.807) is 0 Å². The van der Waals surface area contributed by atoms with E-state index in [-0.39, 0.29) is 5.28 Å². The predicted molar refractivity (Wildman–Crippen MR) is 73.9 cm³/mol. The minimum atomic E-state index is 0.246. The molecule has 1 heterocycles. The number of hydrogen-bond acceptors (Lipinski definition) is 3. The molecule has 1 aromatic heterocycles. The Morgan fingerprint density at radius 2 is 1.94 bits per heavy atom. The molecule has 0 aliphatic carbocycles. The lowest BCUT2D eigenvalue weighted by molar-refractivity contribution is 1.10. The van der Waals surface area contributed by atoms with Gasteiger partial charge in [0.1, 0.15) is 5.82 Å². The highest BCUT2D eigenvalue weighted by Crippen LogP contribution is 2.26. The summed E-state index contributed by atoms with van der Waals surface area (Å²) in [6.07, 6.45) is 0. The molecule has 0 aliphatic rings. The Bertz CT molecular complexity index is 537. The maximum atomic E-state index is 5.81. The van der Waals surface area contributed by atoms with E-state index in [2.05, 4.69) is 31.2 Å². The second kappa shape index (κ2) is 5.02. The molecule has 0 fully saturated rings. The summed E-state index contributed by atoms with van der Waals surface area (Å²) in [7, 11) is 0. The molecule has 2 aromatic rings. The van der Waals surface area contributed by atoms with E-state index in [1.807, 2.05) is 38.1 Å². The van der Waals surface area contributed by atoms with E-state index in [0.717, 1.165) is 15.9 Å². The Hall–Kier alpha value is -1.13. The van der Waals surface area contributed by atoms with Crippen molar-refractivity contribution in [3.8, 4) is 0 Å². The number of aryl methyl sites for hydroxylation is 2. The van der Waals surface area contributed by atoms with E-state index in [1.165, 1.54) is 5.56 Å². The molecule has 1 aromatic carbocycles. The van der Waals surface area contributed by atoms with E-state index < -0.39 is 0 Å². The number of anilines is 2. The van der Waals surface area contributed by atoms with Crippen molar-refractivity contribution in [3.05, 3.63) is 45.3 Å². The van der Waals surface area contributed by atoms with Crippen molar-refractivity contribution in [2.24, 2.45) is 0 Å². The van der Waals surface area contributed by atoms with Gasteiger partial charge in [-0.2, -0.15) is 0 Å². The number of hydrogen-bond donors (Lipinski definition) is 1. The number of benzene rings is 1. The molecule has 2 rings (SSSR count). The van der Waals surface area contributed by atoms with Gasteiger partial charge in [0.05, 0.1) is 5.69 Å². The van der Waals surface area contributed by atoms with Crippen LogP contribution in [0.1, 0.15) is 11.3 Å². The van der Waals surface area contributed by atoms with Gasteiger partial charge >= 0.3 is 0 Å². The Kier molecular flexibility index (Phi) is 3.64. The zero-order chi connectivity index (χ0) is 12.4. The van der Waals surface area contributed by atoms with Crippen LogP contribution in [-0.4, -0.2) is 9.97 Å². The molecule has 0 saturated carbocycles. The molecule has 0 aliphatic heterocycles. The van der Waals surface area contributed by atoms with Gasteiger partial charge < -0.3 is 5.32 Å². The monoisotopic (exact) mass is 311 g/mol. The molecule has 3 nitrogen and oxygen atoms in total. The molecule has 1 N–H and O–H groups in total. The van der Waals surface area contributed by atoms with Gasteiger partial charge in [-0.3, -0.25) is 0 Å². The average Bonchev–Trinajstić information content (AvgIpc) is 2.21. The third-order valence-corrected chi connectivity index (χ3v) is 3.04. The molecule has 0 spiro atoms. The van der Waals surface area contributed by atoms with E-state index in [0.29, 0.717) is 5.82 Å². The summed E-state index contributed by atoms with van der Waals surface area (Å²) in [5.41, 5.74) is 2.97. The lowest BCUT2D eigenvalue weighted by Crippen LogP contribution is -1.97. The Morgan fingerprint density at radius 3 is 2.59 bits per heavy atom. The molecule has 17 heavy (non-hydrogen) atoms. The van der Waals surface area contributed by atoms with Crippen LogP contribution < -0.4 is 5.32 Å². The van der Waals surface area contributed by atoms with Crippen molar-refractivity contribution in [1.82, 2.24) is 9.97 Å². The normalized spacial score (nSPS) is 10.4. The molecular weight excluding hydrogens is 302 g/mol. The third kappa shape index (κ3) is 3.17. The molecule has 5 heteroatoms. The van der Waals surface area contributed by atoms with Crippen LogP contribution in [0.5, 0.6) is 0 Å². The van der Waals surface area contributed by atoms with E-state index in [9.17, 15) is 0 Å². The van der Waals surface area contributed by atoms with Gasteiger partial charge in [-0.05, 0) is 59.1 Å². The number of nitrogens with zero attached hydrogens (tertiary/aromatic N) is 2. The highest BCUT2D eigenvalue weighted by Gasteiger charge is 2.03. The minimum Gasteiger partial charge on any atom is -0.339 e. The van der Waals surface area contributed by atoms with Crippen LogP contribution in [0.3, 0.4) is 0 Å². The Balaban J connectivity index is 2.31. The first kappa shape index (κ1) is 12.3. The van der Waals surface area contributed by atoms with Gasteiger partial charge in [0.25, 0.3) is 0 Å².